The zero-order valence-corrected chi connectivity index (χ0v) is 34.6. The van der Waals surface area contributed by atoms with Gasteiger partial charge in [-0.05, 0) is 122 Å². The third-order valence-corrected chi connectivity index (χ3v) is 13.5. The summed E-state index contributed by atoms with van der Waals surface area (Å²) in [6.45, 7) is 0. The van der Waals surface area contributed by atoms with Crippen LogP contribution in [0.3, 0.4) is 0 Å². The molecule has 0 saturated carbocycles. The van der Waals surface area contributed by atoms with Crippen LogP contribution < -0.4 is 0 Å². The van der Waals surface area contributed by atoms with Crippen molar-refractivity contribution in [3.8, 4) is 79.0 Å². The monoisotopic (exact) mass is 812 g/mol. The number of nitriles is 1. The highest BCUT2D eigenvalue weighted by molar-refractivity contribution is 6.16. The van der Waals surface area contributed by atoms with Gasteiger partial charge < -0.3 is 4.57 Å². The van der Waals surface area contributed by atoms with Crippen LogP contribution in [0, 0.1) is 11.3 Å². The van der Waals surface area contributed by atoms with Gasteiger partial charge in [0, 0.05) is 33.2 Å². The molecule has 2 aliphatic carbocycles. The number of rotatable bonds is 5. The highest BCUT2D eigenvalue weighted by atomic mass is 15.0. The molecule has 4 nitrogen and oxygen atoms in total. The van der Waals surface area contributed by atoms with E-state index in [1.807, 2.05) is 42.5 Å². The van der Waals surface area contributed by atoms with Crippen LogP contribution in [0.25, 0.3) is 94.8 Å². The fourth-order valence-corrected chi connectivity index (χ4v) is 10.8. The van der Waals surface area contributed by atoms with Crippen LogP contribution in [0.4, 0.5) is 0 Å². The minimum Gasteiger partial charge on any atom is -0.309 e. The molecule has 0 amide bonds. The summed E-state index contributed by atoms with van der Waals surface area (Å²) in [5.41, 5.74) is 20.6. The molecule has 64 heavy (non-hydrogen) atoms. The Morgan fingerprint density at radius 2 is 0.922 bits per heavy atom. The van der Waals surface area contributed by atoms with E-state index in [1.54, 1.807) is 0 Å². The smallest absolute Gasteiger partial charge is 0.160 e. The zero-order chi connectivity index (χ0) is 42.4. The number of nitrogens with zero attached hydrogens (tertiary/aromatic N) is 4. The maximum absolute atomic E-state index is 9.55. The first-order valence-corrected chi connectivity index (χ1v) is 21.7. The molecule has 2 aliphatic rings. The molecule has 0 unspecified atom stereocenters. The number of hydrogen-bond donors (Lipinski definition) is 0. The normalized spacial score (nSPS) is 12.8. The summed E-state index contributed by atoms with van der Waals surface area (Å²) in [5.74, 6) is 0.614. The largest absolute Gasteiger partial charge is 0.309 e. The Morgan fingerprint density at radius 1 is 0.391 bits per heavy atom. The van der Waals surface area contributed by atoms with Gasteiger partial charge in [-0.2, -0.15) is 5.26 Å². The van der Waals surface area contributed by atoms with E-state index in [2.05, 4.69) is 187 Å². The summed E-state index contributed by atoms with van der Waals surface area (Å²) >= 11 is 0. The Kier molecular flexibility index (Phi) is 7.85. The van der Waals surface area contributed by atoms with Crippen LogP contribution in [-0.4, -0.2) is 14.5 Å². The third kappa shape index (κ3) is 5.16. The molecule has 0 fully saturated rings. The summed E-state index contributed by atoms with van der Waals surface area (Å²) in [7, 11) is 0. The van der Waals surface area contributed by atoms with Crippen molar-refractivity contribution in [3.05, 3.63) is 246 Å². The summed E-state index contributed by atoms with van der Waals surface area (Å²) < 4.78 is 2.40. The molecule has 0 bridgehead atoms. The molecule has 1 spiro atoms. The van der Waals surface area contributed by atoms with Gasteiger partial charge in [0.1, 0.15) is 0 Å². The number of benzene rings is 9. The molecule has 13 rings (SSSR count). The predicted molar refractivity (Wildman–Crippen MR) is 259 cm³/mol. The topological polar surface area (TPSA) is 54.5 Å². The lowest BCUT2D eigenvalue weighted by molar-refractivity contribution is 0.794. The molecule has 2 heterocycles. The van der Waals surface area contributed by atoms with E-state index in [1.165, 1.54) is 77.4 Å². The molecular formula is C60H36N4. The van der Waals surface area contributed by atoms with Gasteiger partial charge in [0.25, 0.3) is 0 Å². The fraction of sp³-hybridized carbons (Fsp3) is 0.0167. The van der Waals surface area contributed by atoms with Gasteiger partial charge in [-0.3, -0.25) is 0 Å². The molecule has 0 N–H and O–H groups in total. The Bertz CT molecular complexity index is 3680. The van der Waals surface area contributed by atoms with Crippen molar-refractivity contribution in [2.24, 2.45) is 0 Å². The van der Waals surface area contributed by atoms with Gasteiger partial charge in [0.15, 0.2) is 5.82 Å². The second-order valence-corrected chi connectivity index (χ2v) is 16.8. The maximum atomic E-state index is 9.55. The first kappa shape index (κ1) is 36.0. The molecule has 0 atom stereocenters. The lowest BCUT2D eigenvalue weighted by Gasteiger charge is -2.31. The van der Waals surface area contributed by atoms with Crippen molar-refractivity contribution in [2.75, 3.05) is 0 Å². The minimum atomic E-state index is -0.582. The van der Waals surface area contributed by atoms with Crippen LogP contribution in [-0.2, 0) is 5.41 Å². The Hall–Kier alpha value is -8.65. The van der Waals surface area contributed by atoms with Crippen LogP contribution in [0.2, 0.25) is 0 Å². The lowest BCUT2D eigenvalue weighted by atomic mass is 9.70. The van der Waals surface area contributed by atoms with Crippen molar-refractivity contribution in [1.82, 2.24) is 14.5 Å². The van der Waals surface area contributed by atoms with E-state index < -0.39 is 5.41 Å². The summed E-state index contributed by atoms with van der Waals surface area (Å²) in [5, 5.41) is 12.0. The SMILES string of the molecule is N#Cc1ccc(-c2nc(-c3ccccc3)cc(-c3ccc4c(c3)C3(c5ccccc5-c5ccccc53)c3cc(-c5cccc6c5c5ccccc5n6-c5ccccc5)ccc3-4)n2)cc1. The predicted octanol–water partition coefficient (Wildman–Crippen LogP) is 14.5. The van der Waals surface area contributed by atoms with E-state index in [0.717, 1.165) is 33.8 Å². The maximum Gasteiger partial charge on any atom is 0.160 e. The van der Waals surface area contributed by atoms with Gasteiger partial charge in [-0.15, -0.1) is 0 Å². The molecule has 4 heteroatoms. The average molecular weight is 813 g/mol. The standard InChI is InChI=1S/C60H36N4/c61-37-38-26-28-40(29-27-38)59-62-54(39-14-3-1-4-15-39)36-55(63-59)42-31-33-48-47-32-30-41(34-52(47)60(53(48)35-42)50-22-10-7-18-45(50)46-19-8-11-23-51(46)60)44-21-13-25-57-58(44)49-20-9-12-24-56(49)64(57)43-16-5-2-6-17-43/h1-36H. The van der Waals surface area contributed by atoms with Crippen molar-refractivity contribution in [1.29, 1.82) is 5.26 Å². The van der Waals surface area contributed by atoms with Crippen LogP contribution in [0.5, 0.6) is 0 Å². The molecule has 9 aromatic carbocycles. The Morgan fingerprint density at radius 3 is 1.62 bits per heavy atom. The molecule has 0 saturated heterocycles. The fourth-order valence-electron chi connectivity index (χ4n) is 10.8. The highest BCUT2D eigenvalue weighted by Gasteiger charge is 2.51. The van der Waals surface area contributed by atoms with Crippen LogP contribution >= 0.6 is 0 Å². The number of hydrogen-bond acceptors (Lipinski definition) is 3. The quantitative estimate of drug-likeness (QED) is 0.174. The highest BCUT2D eigenvalue weighted by Crippen LogP contribution is 2.63. The molecule has 296 valence electrons. The molecule has 0 aliphatic heterocycles. The summed E-state index contributed by atoms with van der Waals surface area (Å²) in [6, 6.07) is 80.4. The van der Waals surface area contributed by atoms with Crippen molar-refractivity contribution in [2.45, 2.75) is 5.41 Å². The average Bonchev–Trinajstić information content (AvgIpc) is 3.98. The van der Waals surface area contributed by atoms with Gasteiger partial charge in [-0.25, -0.2) is 9.97 Å². The van der Waals surface area contributed by atoms with Gasteiger partial charge in [0.05, 0.1) is 39.5 Å². The van der Waals surface area contributed by atoms with Crippen LogP contribution in [0.15, 0.2) is 218 Å². The van der Waals surface area contributed by atoms with Crippen molar-refractivity contribution in [3.63, 3.8) is 0 Å². The van der Waals surface area contributed by atoms with Crippen LogP contribution in [0.1, 0.15) is 27.8 Å². The van der Waals surface area contributed by atoms with E-state index >= 15 is 0 Å². The van der Waals surface area contributed by atoms with E-state index in [9.17, 15) is 5.26 Å². The molecule has 11 aromatic rings. The van der Waals surface area contributed by atoms with E-state index in [-0.39, 0.29) is 0 Å². The first-order valence-electron chi connectivity index (χ1n) is 21.7. The second-order valence-electron chi connectivity index (χ2n) is 16.8. The lowest BCUT2D eigenvalue weighted by Crippen LogP contribution is -2.26. The van der Waals surface area contributed by atoms with E-state index in [4.69, 9.17) is 9.97 Å². The van der Waals surface area contributed by atoms with Crippen molar-refractivity contribution >= 4 is 21.8 Å². The number of para-hydroxylation sites is 2. The van der Waals surface area contributed by atoms with Gasteiger partial charge >= 0.3 is 0 Å². The summed E-state index contributed by atoms with van der Waals surface area (Å²) in [4.78, 5) is 10.4. The Labute approximate surface area is 370 Å². The third-order valence-electron chi connectivity index (χ3n) is 13.5. The van der Waals surface area contributed by atoms with Gasteiger partial charge in [-0.1, -0.05) is 152 Å². The first-order chi connectivity index (χ1) is 31.7. The number of aromatic nitrogens is 3. The zero-order valence-electron chi connectivity index (χ0n) is 34.6. The minimum absolute atomic E-state index is 0.582. The molecule has 0 radical (unpaired) electrons. The van der Waals surface area contributed by atoms with Gasteiger partial charge in [0.2, 0.25) is 0 Å². The summed E-state index contributed by atoms with van der Waals surface area (Å²) in [6.07, 6.45) is 0. The Balaban J connectivity index is 1.06. The number of fused-ring (bicyclic) bond motifs is 13. The molecular weight excluding hydrogens is 777 g/mol. The molecule has 2 aromatic heterocycles. The van der Waals surface area contributed by atoms with Crippen molar-refractivity contribution < 1.29 is 0 Å². The second kappa shape index (κ2) is 13.9. The van der Waals surface area contributed by atoms with E-state index in [0.29, 0.717) is 11.4 Å².